The third-order valence-electron chi connectivity index (χ3n) is 2.18. The van der Waals surface area contributed by atoms with Gasteiger partial charge < -0.3 is 15.2 Å². The zero-order valence-electron chi connectivity index (χ0n) is 9.92. The molecule has 4 N–H and O–H groups in total. The number of carbonyl (C=O) groups is 1. The lowest BCUT2D eigenvalue weighted by atomic mass is 10.2. The fourth-order valence-corrected chi connectivity index (χ4v) is 1.48. The number of aliphatic hydroxyl groups excluding tert-OH is 1. The molecule has 0 amide bonds. The lowest BCUT2D eigenvalue weighted by Gasteiger charge is -2.20. The molecule has 0 aromatic heterocycles. The first-order valence-electron chi connectivity index (χ1n) is 5.21. The van der Waals surface area contributed by atoms with Gasteiger partial charge in [-0.25, -0.2) is 10.6 Å². The zero-order chi connectivity index (χ0) is 13.5. The number of carbonyl (C=O) groups excluding carboxylic acids is 1. The maximum atomic E-state index is 11.5. The molecule has 0 aliphatic heterocycles. The molecule has 0 spiro atoms. The summed E-state index contributed by atoms with van der Waals surface area (Å²) in [6.07, 6.45) is 0. The molecule has 98 valence electrons. The van der Waals surface area contributed by atoms with Crippen molar-refractivity contribution in [1.29, 1.82) is 0 Å². The summed E-state index contributed by atoms with van der Waals surface area (Å²) in [5.74, 6) is 5.12. The van der Waals surface area contributed by atoms with Crippen LogP contribution >= 0.6 is 12.2 Å². The quantitative estimate of drug-likeness (QED) is 0.314. The van der Waals surface area contributed by atoms with E-state index in [0.717, 1.165) is 0 Å². The summed E-state index contributed by atoms with van der Waals surface area (Å²) in [5, 5.41) is 13.0. The molecule has 0 radical (unpaired) electrons. The normalized spacial score (nSPS) is 9.72. The summed E-state index contributed by atoms with van der Waals surface area (Å²) in [7, 11) is 1.30. The Morgan fingerprint density at radius 1 is 1.56 bits per heavy atom. The number of nitrogens with zero attached hydrogens (tertiary/aromatic N) is 1. The Bertz CT molecular complexity index is 439. The smallest absolute Gasteiger partial charge is 0.339 e. The number of nitrogens with two attached hydrogens (primary N) is 1. The van der Waals surface area contributed by atoms with Gasteiger partial charge in [0.15, 0.2) is 5.11 Å². The number of benzene rings is 1. The van der Waals surface area contributed by atoms with E-state index in [4.69, 9.17) is 23.2 Å². The second-order valence-corrected chi connectivity index (χ2v) is 3.77. The van der Waals surface area contributed by atoms with Crippen molar-refractivity contribution in [3.8, 4) is 0 Å². The van der Waals surface area contributed by atoms with Gasteiger partial charge in [0.25, 0.3) is 0 Å². The summed E-state index contributed by atoms with van der Waals surface area (Å²) in [5.41, 5.74) is 0.863. The van der Waals surface area contributed by atoms with Crippen LogP contribution in [0.15, 0.2) is 24.3 Å². The third-order valence-corrected chi connectivity index (χ3v) is 2.51. The average Bonchev–Trinajstić information content (AvgIpc) is 2.38. The Labute approximate surface area is 110 Å². The van der Waals surface area contributed by atoms with Gasteiger partial charge in [-0.05, 0) is 24.4 Å². The SMILES string of the molecule is COC(=O)c1ccccc1NC(=S)N(N)CCO. The number of methoxy groups -OCH3 is 1. The third kappa shape index (κ3) is 3.66. The molecule has 18 heavy (non-hydrogen) atoms. The van der Waals surface area contributed by atoms with Crippen LogP contribution in [0.25, 0.3) is 0 Å². The van der Waals surface area contributed by atoms with E-state index in [2.05, 4.69) is 10.1 Å². The van der Waals surface area contributed by atoms with Crippen molar-refractivity contribution in [2.45, 2.75) is 0 Å². The lowest BCUT2D eigenvalue weighted by Crippen LogP contribution is -2.42. The van der Waals surface area contributed by atoms with Gasteiger partial charge in [-0.15, -0.1) is 0 Å². The molecule has 6 nitrogen and oxygen atoms in total. The summed E-state index contributed by atoms with van der Waals surface area (Å²) < 4.78 is 4.66. The highest BCUT2D eigenvalue weighted by molar-refractivity contribution is 7.80. The molecule has 0 unspecified atom stereocenters. The molecule has 0 fully saturated rings. The Morgan fingerprint density at radius 2 is 2.22 bits per heavy atom. The number of hydrazine groups is 1. The van der Waals surface area contributed by atoms with E-state index in [1.165, 1.54) is 12.1 Å². The molecule has 0 heterocycles. The topological polar surface area (TPSA) is 87.8 Å². The second kappa shape index (κ2) is 6.90. The van der Waals surface area contributed by atoms with Crippen molar-refractivity contribution in [2.24, 2.45) is 5.84 Å². The highest BCUT2D eigenvalue weighted by Crippen LogP contribution is 2.16. The van der Waals surface area contributed by atoms with E-state index in [1.54, 1.807) is 24.3 Å². The predicted molar refractivity (Wildman–Crippen MR) is 72.0 cm³/mol. The number of anilines is 1. The van der Waals surface area contributed by atoms with E-state index >= 15 is 0 Å². The van der Waals surface area contributed by atoms with Crippen LogP contribution in [-0.2, 0) is 4.74 Å². The monoisotopic (exact) mass is 269 g/mol. The first-order chi connectivity index (χ1) is 8.60. The maximum absolute atomic E-state index is 11.5. The molecule has 1 rings (SSSR count). The molecule has 0 aliphatic carbocycles. The first-order valence-corrected chi connectivity index (χ1v) is 5.62. The molecule has 7 heteroatoms. The molecular weight excluding hydrogens is 254 g/mol. The van der Waals surface area contributed by atoms with Crippen LogP contribution in [0.3, 0.4) is 0 Å². The highest BCUT2D eigenvalue weighted by Gasteiger charge is 2.13. The predicted octanol–water partition coefficient (Wildman–Crippen LogP) is 0.338. The Kier molecular flexibility index (Phi) is 5.50. The van der Waals surface area contributed by atoms with Gasteiger partial charge in [-0.3, -0.25) is 5.01 Å². The maximum Gasteiger partial charge on any atom is 0.339 e. The Hall–Kier alpha value is -1.70. The number of nitrogens with one attached hydrogen (secondary N) is 1. The van der Waals surface area contributed by atoms with Gasteiger partial charge in [0.05, 0.1) is 31.5 Å². The van der Waals surface area contributed by atoms with Crippen molar-refractivity contribution in [2.75, 3.05) is 25.6 Å². The minimum atomic E-state index is -0.466. The van der Waals surface area contributed by atoms with Crippen LogP contribution in [0.2, 0.25) is 0 Å². The molecular formula is C11H15N3O3S. The van der Waals surface area contributed by atoms with Crippen molar-refractivity contribution in [3.05, 3.63) is 29.8 Å². The number of hydrogen-bond acceptors (Lipinski definition) is 5. The number of para-hydroxylation sites is 1. The highest BCUT2D eigenvalue weighted by atomic mass is 32.1. The molecule has 0 aliphatic rings. The van der Waals surface area contributed by atoms with Gasteiger partial charge in [0, 0.05) is 0 Å². The van der Waals surface area contributed by atoms with E-state index < -0.39 is 5.97 Å². The average molecular weight is 269 g/mol. The molecule has 0 saturated carbocycles. The van der Waals surface area contributed by atoms with Gasteiger partial charge in [-0.2, -0.15) is 0 Å². The zero-order valence-corrected chi connectivity index (χ0v) is 10.7. The molecule has 0 bridgehead atoms. The fourth-order valence-electron chi connectivity index (χ4n) is 1.28. The molecule has 1 aromatic rings. The number of thiocarbonyl (C=S) groups is 1. The summed E-state index contributed by atoms with van der Waals surface area (Å²) in [6, 6.07) is 6.77. The number of rotatable bonds is 4. The van der Waals surface area contributed by atoms with Crippen LogP contribution in [0.1, 0.15) is 10.4 Å². The molecule has 1 aromatic carbocycles. The van der Waals surface area contributed by atoms with E-state index in [0.29, 0.717) is 11.3 Å². The van der Waals surface area contributed by atoms with E-state index in [1.807, 2.05) is 0 Å². The van der Waals surface area contributed by atoms with Crippen LogP contribution in [0.4, 0.5) is 5.69 Å². The molecule has 0 saturated heterocycles. The molecule has 0 atom stereocenters. The van der Waals surface area contributed by atoms with Crippen LogP contribution < -0.4 is 11.2 Å². The minimum Gasteiger partial charge on any atom is -0.465 e. The fraction of sp³-hybridized carbons (Fsp3) is 0.273. The van der Waals surface area contributed by atoms with E-state index in [9.17, 15) is 4.79 Å². The van der Waals surface area contributed by atoms with Crippen molar-refractivity contribution in [1.82, 2.24) is 5.01 Å². The van der Waals surface area contributed by atoms with E-state index in [-0.39, 0.29) is 18.3 Å². The number of hydrogen-bond donors (Lipinski definition) is 3. The Morgan fingerprint density at radius 3 is 2.83 bits per heavy atom. The number of aliphatic hydroxyl groups is 1. The second-order valence-electron chi connectivity index (χ2n) is 3.38. The van der Waals surface area contributed by atoms with Crippen molar-refractivity contribution >= 4 is 29.0 Å². The summed E-state index contributed by atoms with van der Waals surface area (Å²) in [4.78, 5) is 11.5. The minimum absolute atomic E-state index is 0.114. The van der Waals surface area contributed by atoms with Gasteiger partial charge in [0.1, 0.15) is 0 Å². The summed E-state index contributed by atoms with van der Waals surface area (Å²) in [6.45, 7) is 0.0865. The van der Waals surface area contributed by atoms with Crippen molar-refractivity contribution < 1.29 is 14.6 Å². The van der Waals surface area contributed by atoms with Crippen LogP contribution in [-0.4, -0.2) is 41.5 Å². The van der Waals surface area contributed by atoms with Crippen LogP contribution in [0.5, 0.6) is 0 Å². The Balaban J connectivity index is 2.84. The number of esters is 1. The van der Waals surface area contributed by atoms with Gasteiger partial charge in [-0.1, -0.05) is 12.1 Å². The van der Waals surface area contributed by atoms with Gasteiger partial charge >= 0.3 is 5.97 Å². The standard InChI is InChI=1S/C11H15N3O3S/c1-17-10(16)8-4-2-3-5-9(8)13-11(18)14(12)6-7-15/h2-5,15H,6-7,12H2,1H3,(H,13,18). The lowest BCUT2D eigenvalue weighted by molar-refractivity contribution is 0.0602. The number of ether oxygens (including phenoxy) is 1. The van der Waals surface area contributed by atoms with Gasteiger partial charge in [0.2, 0.25) is 0 Å². The first kappa shape index (κ1) is 14.4. The van der Waals surface area contributed by atoms with Crippen molar-refractivity contribution in [3.63, 3.8) is 0 Å². The van der Waals surface area contributed by atoms with Crippen LogP contribution in [0, 0.1) is 0 Å². The largest absolute Gasteiger partial charge is 0.465 e. The summed E-state index contributed by atoms with van der Waals surface area (Å²) >= 11 is 5.03.